The highest BCUT2D eigenvalue weighted by Gasteiger charge is 2.40. The maximum Gasteiger partial charge on any atom is 0.269 e. The Labute approximate surface area is 188 Å². The zero-order chi connectivity index (χ0) is 23.0. The van der Waals surface area contributed by atoms with Crippen LogP contribution in [0.1, 0.15) is 43.0 Å². The lowest BCUT2D eigenvalue weighted by Gasteiger charge is -2.19. The molecule has 0 fully saturated rings. The van der Waals surface area contributed by atoms with Crippen molar-refractivity contribution < 1.29 is 18.0 Å². The van der Waals surface area contributed by atoms with Crippen LogP contribution in [0, 0.1) is 13.8 Å². The lowest BCUT2D eigenvalue weighted by atomic mass is 10.0. The van der Waals surface area contributed by atoms with Crippen molar-refractivity contribution in [3.8, 4) is 0 Å². The summed E-state index contributed by atoms with van der Waals surface area (Å²) in [6.07, 6.45) is 0. The van der Waals surface area contributed by atoms with E-state index in [1.165, 1.54) is 17.7 Å². The van der Waals surface area contributed by atoms with E-state index in [2.05, 4.69) is 6.07 Å². The van der Waals surface area contributed by atoms with Crippen LogP contribution in [0.3, 0.4) is 0 Å². The van der Waals surface area contributed by atoms with Gasteiger partial charge < -0.3 is 4.90 Å². The van der Waals surface area contributed by atoms with E-state index in [1.54, 1.807) is 48.3 Å². The quantitative estimate of drug-likeness (QED) is 0.593. The summed E-state index contributed by atoms with van der Waals surface area (Å²) in [6, 6.07) is 19.0. The van der Waals surface area contributed by atoms with Gasteiger partial charge in [0.15, 0.2) is 0 Å². The average Bonchev–Trinajstić information content (AvgIpc) is 2.96. The Morgan fingerprint density at radius 2 is 1.66 bits per heavy atom. The van der Waals surface area contributed by atoms with Gasteiger partial charge in [-0.25, -0.2) is 12.7 Å². The Bertz CT molecular complexity index is 1310. The van der Waals surface area contributed by atoms with Gasteiger partial charge in [0.1, 0.15) is 4.90 Å². The Kier molecular flexibility index (Phi) is 5.60. The molecule has 0 unspecified atom stereocenters. The number of hydrogen-bond donors (Lipinski definition) is 0. The lowest BCUT2D eigenvalue weighted by molar-refractivity contribution is 0.0783. The van der Waals surface area contributed by atoms with Gasteiger partial charge in [0.2, 0.25) is 0 Å². The first-order valence-electron chi connectivity index (χ1n) is 10.2. The molecule has 6 nitrogen and oxygen atoms in total. The second kappa shape index (κ2) is 8.24. The molecule has 0 aromatic heterocycles. The molecule has 0 atom stereocenters. The first-order valence-corrected chi connectivity index (χ1v) is 11.7. The molecule has 0 aliphatic carbocycles. The number of fused-ring (bicyclic) bond motifs is 1. The second-order valence-corrected chi connectivity index (χ2v) is 9.93. The van der Waals surface area contributed by atoms with Crippen LogP contribution in [0.5, 0.6) is 0 Å². The third-order valence-corrected chi connectivity index (χ3v) is 7.48. The molecular weight excluding hydrogens is 424 g/mol. The summed E-state index contributed by atoms with van der Waals surface area (Å²) in [5.74, 6) is -0.664. The standard InChI is InChI=1S/C25H24N2O4S/c1-17-8-11-21(18(2)14-17)16-26(3)24(28)20-12-9-19(10-13-20)15-27-25(29)22-6-4-5-7-23(22)32(27,30)31/h4-14H,15-16H2,1-3H3. The van der Waals surface area contributed by atoms with E-state index in [9.17, 15) is 18.0 Å². The number of carbonyl (C=O) groups is 2. The third-order valence-electron chi connectivity index (χ3n) is 5.69. The highest BCUT2D eigenvalue weighted by atomic mass is 32.2. The van der Waals surface area contributed by atoms with Crippen molar-refractivity contribution in [3.05, 3.63) is 100 Å². The number of carbonyl (C=O) groups excluding carboxylic acids is 2. The average molecular weight is 449 g/mol. The number of hydrogen-bond acceptors (Lipinski definition) is 4. The van der Waals surface area contributed by atoms with E-state index >= 15 is 0 Å². The minimum atomic E-state index is -3.87. The van der Waals surface area contributed by atoms with Crippen LogP contribution in [0.15, 0.2) is 71.6 Å². The Morgan fingerprint density at radius 3 is 2.31 bits per heavy atom. The molecule has 32 heavy (non-hydrogen) atoms. The molecule has 0 N–H and O–H groups in total. The Balaban J connectivity index is 1.47. The molecule has 0 bridgehead atoms. The molecule has 0 saturated carbocycles. The summed E-state index contributed by atoms with van der Waals surface area (Å²) in [5, 5.41) is 0. The van der Waals surface area contributed by atoms with Gasteiger partial charge in [-0.15, -0.1) is 0 Å². The number of nitrogens with zero attached hydrogens (tertiary/aromatic N) is 2. The van der Waals surface area contributed by atoms with Gasteiger partial charge in [0.05, 0.1) is 12.1 Å². The van der Waals surface area contributed by atoms with E-state index in [1.807, 2.05) is 26.0 Å². The van der Waals surface area contributed by atoms with Gasteiger partial charge in [-0.2, -0.15) is 0 Å². The van der Waals surface area contributed by atoms with Crippen LogP contribution in [0.4, 0.5) is 0 Å². The van der Waals surface area contributed by atoms with Crippen molar-refractivity contribution in [2.24, 2.45) is 0 Å². The van der Waals surface area contributed by atoms with Crippen LogP contribution in [0.2, 0.25) is 0 Å². The molecule has 0 spiro atoms. The van der Waals surface area contributed by atoms with E-state index in [4.69, 9.17) is 0 Å². The van der Waals surface area contributed by atoms with Gasteiger partial charge in [0, 0.05) is 19.2 Å². The van der Waals surface area contributed by atoms with Crippen LogP contribution in [-0.2, 0) is 23.1 Å². The van der Waals surface area contributed by atoms with E-state index in [0.717, 1.165) is 15.4 Å². The fourth-order valence-corrected chi connectivity index (χ4v) is 5.43. The normalized spacial score (nSPS) is 14.3. The predicted molar refractivity (Wildman–Crippen MR) is 122 cm³/mol. The molecule has 1 heterocycles. The fraction of sp³-hybridized carbons (Fsp3) is 0.200. The summed E-state index contributed by atoms with van der Waals surface area (Å²) in [6.45, 7) is 4.47. The zero-order valence-electron chi connectivity index (χ0n) is 18.2. The summed E-state index contributed by atoms with van der Waals surface area (Å²) >= 11 is 0. The van der Waals surface area contributed by atoms with Crippen LogP contribution in [-0.4, -0.2) is 36.5 Å². The van der Waals surface area contributed by atoms with Gasteiger partial charge in [-0.3, -0.25) is 9.59 Å². The van der Waals surface area contributed by atoms with E-state index in [0.29, 0.717) is 17.7 Å². The number of rotatable bonds is 5. The monoisotopic (exact) mass is 448 g/mol. The smallest absolute Gasteiger partial charge is 0.269 e. The summed E-state index contributed by atoms with van der Waals surface area (Å²) < 4.78 is 26.3. The van der Waals surface area contributed by atoms with Crippen LogP contribution >= 0.6 is 0 Å². The van der Waals surface area contributed by atoms with Gasteiger partial charge in [-0.05, 0) is 54.8 Å². The molecule has 4 rings (SSSR count). The molecule has 164 valence electrons. The van der Waals surface area contributed by atoms with Crippen molar-refractivity contribution in [2.75, 3.05) is 7.05 Å². The molecule has 3 aromatic rings. The molecule has 0 radical (unpaired) electrons. The van der Waals surface area contributed by atoms with Crippen LogP contribution < -0.4 is 0 Å². The molecule has 3 aromatic carbocycles. The zero-order valence-corrected chi connectivity index (χ0v) is 19.0. The van der Waals surface area contributed by atoms with Crippen molar-refractivity contribution >= 4 is 21.8 Å². The summed E-state index contributed by atoms with van der Waals surface area (Å²) in [4.78, 5) is 27.1. The number of amides is 2. The largest absolute Gasteiger partial charge is 0.337 e. The van der Waals surface area contributed by atoms with Crippen molar-refractivity contribution in [1.82, 2.24) is 9.21 Å². The lowest BCUT2D eigenvalue weighted by Crippen LogP contribution is -2.29. The minimum Gasteiger partial charge on any atom is -0.337 e. The molecule has 7 heteroatoms. The van der Waals surface area contributed by atoms with E-state index < -0.39 is 15.9 Å². The van der Waals surface area contributed by atoms with Gasteiger partial charge in [0.25, 0.3) is 21.8 Å². The number of benzene rings is 3. The number of sulfonamides is 1. The molecule has 2 amide bonds. The number of aryl methyl sites for hydroxylation is 2. The van der Waals surface area contributed by atoms with E-state index in [-0.39, 0.29) is 22.9 Å². The Hall–Kier alpha value is -3.45. The Morgan fingerprint density at radius 1 is 0.969 bits per heavy atom. The fourth-order valence-electron chi connectivity index (χ4n) is 3.88. The maximum atomic E-state index is 12.9. The highest BCUT2D eigenvalue weighted by Crippen LogP contribution is 2.31. The van der Waals surface area contributed by atoms with Crippen molar-refractivity contribution in [1.29, 1.82) is 0 Å². The molecule has 0 saturated heterocycles. The third kappa shape index (κ3) is 3.91. The second-order valence-electron chi connectivity index (χ2n) is 8.10. The van der Waals surface area contributed by atoms with Gasteiger partial charge in [-0.1, -0.05) is 48.0 Å². The van der Waals surface area contributed by atoms with Gasteiger partial charge >= 0.3 is 0 Å². The maximum absolute atomic E-state index is 12.9. The minimum absolute atomic E-state index is 0.0322. The highest BCUT2D eigenvalue weighted by molar-refractivity contribution is 7.90. The molecule has 1 aliphatic rings. The SMILES string of the molecule is Cc1ccc(CN(C)C(=O)c2ccc(CN3C(=O)c4ccccc4S3(=O)=O)cc2)c(C)c1. The summed E-state index contributed by atoms with van der Waals surface area (Å²) in [5.41, 5.74) is 4.71. The first kappa shape index (κ1) is 21.8. The summed E-state index contributed by atoms with van der Waals surface area (Å²) in [7, 11) is -2.11. The van der Waals surface area contributed by atoms with Crippen molar-refractivity contribution in [2.45, 2.75) is 31.8 Å². The van der Waals surface area contributed by atoms with Crippen LogP contribution in [0.25, 0.3) is 0 Å². The van der Waals surface area contributed by atoms with Crippen molar-refractivity contribution in [3.63, 3.8) is 0 Å². The first-order chi connectivity index (χ1) is 15.2. The molecular formula is C25H24N2O4S. The predicted octanol–water partition coefficient (Wildman–Crippen LogP) is 3.92. The topological polar surface area (TPSA) is 74.8 Å². The molecule has 1 aliphatic heterocycles.